The zero-order valence-electron chi connectivity index (χ0n) is 19.3. The third-order valence-corrected chi connectivity index (χ3v) is 7.39. The summed E-state index contributed by atoms with van der Waals surface area (Å²) in [5, 5.41) is 2.38. The SMILES string of the molecule is COc1ccccc1CCCNC(=O)CN(c1cc(C(F)(F)F)ccc1Cl)S(=O)(=O)c1ccccc1. The van der Waals surface area contributed by atoms with Crippen molar-refractivity contribution in [3.8, 4) is 5.75 Å². The van der Waals surface area contributed by atoms with Crippen molar-refractivity contribution in [2.75, 3.05) is 24.5 Å². The summed E-state index contributed by atoms with van der Waals surface area (Å²) in [6.45, 7) is -0.542. The molecule has 192 valence electrons. The van der Waals surface area contributed by atoms with Gasteiger partial charge >= 0.3 is 6.18 Å². The molecular formula is C25H24ClF3N2O4S. The monoisotopic (exact) mass is 540 g/mol. The van der Waals surface area contributed by atoms with E-state index in [1.807, 2.05) is 24.3 Å². The number of amides is 1. The highest BCUT2D eigenvalue weighted by Gasteiger charge is 2.34. The number of halogens is 4. The maximum absolute atomic E-state index is 13.4. The second kappa shape index (κ2) is 11.7. The molecular weight excluding hydrogens is 517 g/mol. The van der Waals surface area contributed by atoms with Gasteiger partial charge in [-0.2, -0.15) is 13.2 Å². The molecule has 0 fully saturated rings. The number of methoxy groups -OCH3 is 1. The lowest BCUT2D eigenvalue weighted by molar-refractivity contribution is -0.137. The number of hydrogen-bond acceptors (Lipinski definition) is 4. The Morgan fingerprint density at radius 2 is 1.69 bits per heavy atom. The zero-order valence-corrected chi connectivity index (χ0v) is 20.8. The fourth-order valence-electron chi connectivity index (χ4n) is 3.50. The molecule has 0 aliphatic rings. The van der Waals surface area contributed by atoms with Gasteiger partial charge in [-0.25, -0.2) is 8.42 Å². The standard InChI is InChI=1S/C25H24ClF3N2O4S/c1-35-23-12-6-5-8-18(23)9-7-15-30-24(32)17-31(36(33,34)20-10-3-2-4-11-20)22-16-19(25(27,28)29)13-14-21(22)26/h2-6,8,10-14,16H,7,9,15,17H2,1H3,(H,30,32). The molecule has 11 heteroatoms. The molecule has 3 aromatic rings. The molecule has 0 bridgehead atoms. The highest BCUT2D eigenvalue weighted by atomic mass is 35.5. The lowest BCUT2D eigenvalue weighted by Gasteiger charge is -2.26. The lowest BCUT2D eigenvalue weighted by Crippen LogP contribution is -2.41. The van der Waals surface area contributed by atoms with Crippen molar-refractivity contribution >= 4 is 33.2 Å². The van der Waals surface area contributed by atoms with Gasteiger partial charge in [-0.05, 0) is 54.8 Å². The Bertz CT molecular complexity index is 1300. The van der Waals surface area contributed by atoms with Crippen LogP contribution in [0.2, 0.25) is 5.02 Å². The zero-order chi connectivity index (χ0) is 26.3. The molecule has 6 nitrogen and oxygen atoms in total. The summed E-state index contributed by atoms with van der Waals surface area (Å²) in [7, 11) is -2.86. The molecule has 3 aromatic carbocycles. The Morgan fingerprint density at radius 3 is 2.36 bits per heavy atom. The quantitative estimate of drug-likeness (QED) is 0.354. The minimum Gasteiger partial charge on any atom is -0.496 e. The van der Waals surface area contributed by atoms with E-state index in [1.165, 1.54) is 24.3 Å². The van der Waals surface area contributed by atoms with Crippen molar-refractivity contribution in [1.29, 1.82) is 0 Å². The van der Waals surface area contributed by atoms with E-state index >= 15 is 0 Å². The summed E-state index contributed by atoms with van der Waals surface area (Å²) in [5.41, 5.74) is -0.592. The number of sulfonamides is 1. The van der Waals surface area contributed by atoms with E-state index in [4.69, 9.17) is 16.3 Å². The number of rotatable bonds is 10. The van der Waals surface area contributed by atoms with Gasteiger partial charge in [-0.3, -0.25) is 9.10 Å². The molecule has 0 heterocycles. The first-order chi connectivity index (χ1) is 17.0. The molecule has 0 aliphatic carbocycles. The maximum Gasteiger partial charge on any atom is 0.416 e. The van der Waals surface area contributed by atoms with Gasteiger partial charge < -0.3 is 10.1 Å². The largest absolute Gasteiger partial charge is 0.496 e. The Labute approximate surface area is 212 Å². The van der Waals surface area contributed by atoms with Crippen LogP contribution in [0.15, 0.2) is 77.7 Å². The number of ether oxygens (including phenoxy) is 1. The Morgan fingerprint density at radius 1 is 1.03 bits per heavy atom. The highest BCUT2D eigenvalue weighted by Crippen LogP contribution is 2.37. The van der Waals surface area contributed by atoms with Crippen LogP contribution in [0.5, 0.6) is 5.75 Å². The van der Waals surface area contributed by atoms with E-state index in [-0.39, 0.29) is 16.5 Å². The molecule has 0 spiro atoms. The summed E-state index contributed by atoms with van der Waals surface area (Å²) in [5.74, 6) is 0.0196. The van der Waals surface area contributed by atoms with Gasteiger partial charge in [0, 0.05) is 6.54 Å². The van der Waals surface area contributed by atoms with Crippen LogP contribution >= 0.6 is 11.6 Å². The molecule has 1 amide bonds. The second-order valence-electron chi connectivity index (χ2n) is 7.75. The average Bonchev–Trinajstić information content (AvgIpc) is 2.85. The van der Waals surface area contributed by atoms with Gasteiger partial charge in [0.2, 0.25) is 5.91 Å². The van der Waals surface area contributed by atoms with Crippen LogP contribution in [0.1, 0.15) is 17.5 Å². The van der Waals surface area contributed by atoms with Crippen molar-refractivity contribution in [3.63, 3.8) is 0 Å². The van der Waals surface area contributed by atoms with E-state index in [1.54, 1.807) is 13.2 Å². The van der Waals surface area contributed by atoms with Crippen molar-refractivity contribution in [2.45, 2.75) is 23.9 Å². The van der Waals surface area contributed by atoms with Gasteiger partial charge in [0.25, 0.3) is 10.0 Å². The predicted octanol–water partition coefficient (Wildman–Crippen LogP) is 5.31. The molecule has 0 aromatic heterocycles. The molecule has 0 aliphatic heterocycles. The predicted molar refractivity (Wildman–Crippen MR) is 132 cm³/mol. The van der Waals surface area contributed by atoms with E-state index in [0.29, 0.717) is 29.0 Å². The van der Waals surface area contributed by atoms with Crippen LogP contribution in [-0.2, 0) is 27.4 Å². The summed E-state index contributed by atoms with van der Waals surface area (Å²) in [6, 6.07) is 16.8. The van der Waals surface area contributed by atoms with E-state index in [9.17, 15) is 26.4 Å². The second-order valence-corrected chi connectivity index (χ2v) is 10.0. The van der Waals surface area contributed by atoms with Crippen LogP contribution in [0.4, 0.5) is 18.9 Å². The third kappa shape index (κ3) is 6.70. The number of hydrogen-bond donors (Lipinski definition) is 1. The van der Waals surface area contributed by atoms with Crippen LogP contribution in [0, 0.1) is 0 Å². The summed E-state index contributed by atoms with van der Waals surface area (Å²) < 4.78 is 72.6. The van der Waals surface area contributed by atoms with E-state index in [0.717, 1.165) is 17.7 Å². The fraction of sp³-hybridized carbons (Fsp3) is 0.240. The van der Waals surface area contributed by atoms with Crippen LogP contribution < -0.4 is 14.4 Å². The first-order valence-electron chi connectivity index (χ1n) is 10.9. The highest BCUT2D eigenvalue weighted by molar-refractivity contribution is 7.92. The van der Waals surface area contributed by atoms with Crippen LogP contribution in [0.25, 0.3) is 0 Å². The first-order valence-corrected chi connectivity index (χ1v) is 12.7. The normalized spacial score (nSPS) is 11.7. The van der Waals surface area contributed by atoms with Gasteiger partial charge in [-0.1, -0.05) is 48.0 Å². The number of anilines is 1. The van der Waals surface area contributed by atoms with Crippen molar-refractivity contribution in [1.82, 2.24) is 5.32 Å². The van der Waals surface area contributed by atoms with Crippen LogP contribution in [-0.4, -0.2) is 34.5 Å². The lowest BCUT2D eigenvalue weighted by atomic mass is 10.1. The average molecular weight is 541 g/mol. The number of nitrogens with one attached hydrogen (secondary N) is 1. The summed E-state index contributed by atoms with van der Waals surface area (Å²) in [6.07, 6.45) is -3.61. The third-order valence-electron chi connectivity index (χ3n) is 5.30. The van der Waals surface area contributed by atoms with Crippen molar-refractivity contribution in [3.05, 3.63) is 88.9 Å². The minimum absolute atomic E-state index is 0.192. The molecule has 36 heavy (non-hydrogen) atoms. The molecule has 3 rings (SSSR count). The summed E-state index contributed by atoms with van der Waals surface area (Å²) >= 11 is 6.12. The Kier molecular flexibility index (Phi) is 8.86. The number of alkyl halides is 3. The first kappa shape index (κ1) is 27.3. The number of aryl methyl sites for hydroxylation is 1. The topological polar surface area (TPSA) is 75.7 Å². The smallest absolute Gasteiger partial charge is 0.416 e. The van der Waals surface area contributed by atoms with Gasteiger partial charge in [0.15, 0.2) is 0 Å². The molecule has 1 N–H and O–H groups in total. The van der Waals surface area contributed by atoms with Gasteiger partial charge in [0.05, 0.1) is 28.3 Å². The maximum atomic E-state index is 13.4. The molecule has 0 saturated heterocycles. The van der Waals surface area contributed by atoms with Crippen LogP contribution in [0.3, 0.4) is 0 Å². The molecule has 0 saturated carbocycles. The Balaban J connectivity index is 1.82. The summed E-state index contributed by atoms with van der Waals surface area (Å²) in [4.78, 5) is 12.5. The molecule has 0 unspecified atom stereocenters. The van der Waals surface area contributed by atoms with E-state index in [2.05, 4.69) is 5.32 Å². The van der Waals surface area contributed by atoms with Gasteiger partial charge in [-0.15, -0.1) is 0 Å². The fourth-order valence-corrected chi connectivity index (χ4v) is 5.22. The Hall–Kier alpha value is -3.24. The molecule has 0 atom stereocenters. The minimum atomic E-state index is -4.73. The van der Waals surface area contributed by atoms with E-state index < -0.39 is 39.9 Å². The molecule has 0 radical (unpaired) electrons. The van der Waals surface area contributed by atoms with Crippen molar-refractivity contribution in [2.24, 2.45) is 0 Å². The number of carbonyl (C=O) groups excluding carboxylic acids is 1. The number of carbonyl (C=O) groups is 1. The number of benzene rings is 3. The number of para-hydroxylation sites is 1. The number of nitrogens with zero attached hydrogens (tertiary/aromatic N) is 1. The van der Waals surface area contributed by atoms with Gasteiger partial charge in [0.1, 0.15) is 12.3 Å². The van der Waals surface area contributed by atoms with Crippen molar-refractivity contribution < 1.29 is 31.1 Å².